The standard InChI is InChI=1S/C16H17Cl2N2O4PS/c17-5-6-20(25(19,23)24)8-10(18)7-13-14(9-26)16(22)12-4-2-1-3-11(12)15(13)21/h1-4,9-10H,5-8H2,(H3,19,23,24). The van der Waals surface area contributed by atoms with Crippen LogP contribution >= 0.6 is 43.1 Å². The van der Waals surface area contributed by atoms with Crippen LogP contribution in [0.2, 0.25) is 0 Å². The number of thiocarbonyl (C=S) groups is 1. The molecular weight excluding hydrogens is 418 g/mol. The second-order valence-electron chi connectivity index (χ2n) is 5.71. The van der Waals surface area contributed by atoms with Gasteiger partial charge in [-0.15, -0.1) is 23.2 Å². The normalized spacial score (nSPS) is 17.9. The Bertz CT molecular complexity index is 824. The summed E-state index contributed by atoms with van der Waals surface area (Å²) in [7, 11) is -4.03. The van der Waals surface area contributed by atoms with Crippen LogP contribution in [0.1, 0.15) is 27.1 Å². The Labute approximate surface area is 166 Å². The predicted octanol–water partition coefficient (Wildman–Crippen LogP) is 2.96. The lowest BCUT2D eigenvalue weighted by atomic mass is 9.83. The number of rotatable bonds is 8. The van der Waals surface area contributed by atoms with Crippen molar-refractivity contribution in [3.8, 4) is 0 Å². The number of carbonyl (C=O) groups is 2. The number of alkyl halides is 2. The first kappa shape index (κ1) is 21.4. The van der Waals surface area contributed by atoms with Crippen molar-refractivity contribution in [2.75, 3.05) is 19.0 Å². The molecule has 10 heteroatoms. The number of allylic oxidation sites excluding steroid dienone is 2. The van der Waals surface area contributed by atoms with Crippen LogP contribution in [-0.4, -0.2) is 50.8 Å². The predicted molar refractivity (Wildman–Crippen MR) is 106 cm³/mol. The molecule has 0 bridgehead atoms. The Morgan fingerprint density at radius 2 is 1.85 bits per heavy atom. The highest BCUT2D eigenvalue weighted by Gasteiger charge is 2.33. The molecule has 3 N–H and O–H groups in total. The van der Waals surface area contributed by atoms with E-state index in [0.29, 0.717) is 11.1 Å². The van der Waals surface area contributed by atoms with Gasteiger partial charge in [0.1, 0.15) is 0 Å². The third-order valence-corrected chi connectivity index (χ3v) is 5.83. The zero-order valence-corrected chi connectivity index (χ0v) is 16.8. The Morgan fingerprint density at radius 1 is 1.27 bits per heavy atom. The van der Waals surface area contributed by atoms with Crippen LogP contribution in [0, 0.1) is 0 Å². The van der Waals surface area contributed by atoms with Crippen molar-refractivity contribution >= 4 is 60.0 Å². The van der Waals surface area contributed by atoms with Crippen molar-refractivity contribution in [1.29, 1.82) is 0 Å². The van der Waals surface area contributed by atoms with Crippen LogP contribution in [-0.2, 0) is 4.57 Å². The smallest absolute Gasteiger partial charge is 0.322 e. The largest absolute Gasteiger partial charge is 0.338 e. The molecule has 1 aromatic rings. The summed E-state index contributed by atoms with van der Waals surface area (Å²) in [5, 5.41) is 0.426. The summed E-state index contributed by atoms with van der Waals surface area (Å²) in [6.45, 7) is -0.0142. The van der Waals surface area contributed by atoms with Gasteiger partial charge >= 0.3 is 7.67 Å². The first-order chi connectivity index (χ1) is 12.2. The molecule has 6 nitrogen and oxygen atoms in total. The molecule has 1 aliphatic carbocycles. The Hall–Kier alpha value is -0.920. The van der Waals surface area contributed by atoms with E-state index in [-0.39, 0.29) is 48.1 Å². The molecule has 2 unspecified atom stereocenters. The summed E-state index contributed by atoms with van der Waals surface area (Å²) in [4.78, 5) is 34.9. The zero-order valence-electron chi connectivity index (χ0n) is 13.6. The first-order valence-corrected chi connectivity index (χ1v) is 10.8. The minimum absolute atomic E-state index is 0.00171. The number of hydrogen-bond acceptors (Lipinski definition) is 4. The van der Waals surface area contributed by atoms with Gasteiger partial charge in [-0.05, 0) is 6.42 Å². The van der Waals surface area contributed by atoms with Crippen LogP contribution in [0.15, 0.2) is 35.4 Å². The molecule has 0 saturated carbocycles. The van der Waals surface area contributed by atoms with Crippen LogP contribution in [0.3, 0.4) is 0 Å². The molecule has 0 saturated heterocycles. The fourth-order valence-corrected chi connectivity index (χ4v) is 4.54. The number of nitrogens with zero attached hydrogens (tertiary/aromatic N) is 1. The molecule has 0 aromatic heterocycles. The Balaban J connectivity index is 2.29. The second-order valence-corrected chi connectivity index (χ2v) is 8.68. The average Bonchev–Trinajstić information content (AvgIpc) is 2.58. The molecule has 0 radical (unpaired) electrons. The van der Waals surface area contributed by atoms with Crippen molar-refractivity contribution in [3.63, 3.8) is 0 Å². The van der Waals surface area contributed by atoms with Crippen molar-refractivity contribution in [2.24, 2.45) is 5.50 Å². The Morgan fingerprint density at radius 3 is 2.35 bits per heavy atom. The molecular formula is C16H17Cl2N2O4PS. The topological polar surface area (TPSA) is 101 Å². The van der Waals surface area contributed by atoms with Gasteiger partial charge in [0.2, 0.25) is 0 Å². The molecule has 140 valence electrons. The molecule has 2 atom stereocenters. The molecule has 2 rings (SSSR count). The minimum atomic E-state index is -4.03. The zero-order chi connectivity index (χ0) is 19.5. The van der Waals surface area contributed by atoms with Gasteiger partial charge in [-0.25, -0.2) is 10.2 Å². The molecule has 0 aliphatic heterocycles. The SMILES string of the molecule is NP(=O)(O)N(CCCl)CC(Cl)CC1=C(C=S)C(=O)c2ccccc2C1=O. The molecule has 26 heavy (non-hydrogen) atoms. The van der Waals surface area contributed by atoms with Crippen molar-refractivity contribution in [2.45, 2.75) is 11.8 Å². The number of halogens is 2. The molecule has 0 heterocycles. The maximum atomic E-state index is 12.8. The van der Waals surface area contributed by atoms with Gasteiger partial charge in [-0.2, -0.15) is 0 Å². The lowest BCUT2D eigenvalue weighted by Gasteiger charge is -2.26. The van der Waals surface area contributed by atoms with Crippen LogP contribution in [0.5, 0.6) is 0 Å². The van der Waals surface area contributed by atoms with Crippen molar-refractivity contribution < 1.29 is 19.0 Å². The highest BCUT2D eigenvalue weighted by molar-refractivity contribution is 7.79. The maximum Gasteiger partial charge on any atom is 0.338 e. The fourth-order valence-electron chi connectivity index (χ4n) is 2.74. The lowest BCUT2D eigenvalue weighted by molar-refractivity contribution is 0.0977. The van der Waals surface area contributed by atoms with Gasteiger partial charge in [-0.3, -0.25) is 14.2 Å². The number of benzene rings is 1. The Kier molecular flexibility index (Phi) is 7.27. The summed E-state index contributed by atoms with van der Waals surface area (Å²) in [5.74, 6) is -0.576. The van der Waals surface area contributed by atoms with Gasteiger partial charge in [0.05, 0.1) is 5.38 Å². The fraction of sp³-hybridized carbons (Fsp3) is 0.312. The van der Waals surface area contributed by atoms with Gasteiger partial charge in [-0.1, -0.05) is 36.5 Å². The van der Waals surface area contributed by atoms with E-state index in [9.17, 15) is 19.0 Å². The highest BCUT2D eigenvalue weighted by Crippen LogP contribution is 2.37. The summed E-state index contributed by atoms with van der Waals surface area (Å²) in [6.07, 6.45) is 0.00171. The van der Waals surface area contributed by atoms with Gasteiger partial charge in [0.15, 0.2) is 11.6 Å². The third kappa shape index (κ3) is 4.67. The van der Waals surface area contributed by atoms with Crippen molar-refractivity contribution in [3.05, 3.63) is 46.5 Å². The number of fused-ring (bicyclic) bond motifs is 1. The molecule has 1 aliphatic rings. The lowest BCUT2D eigenvalue weighted by Crippen LogP contribution is -2.33. The van der Waals surface area contributed by atoms with E-state index in [2.05, 4.69) is 0 Å². The van der Waals surface area contributed by atoms with Gasteiger partial charge in [0.25, 0.3) is 0 Å². The van der Waals surface area contributed by atoms with Crippen molar-refractivity contribution in [1.82, 2.24) is 4.67 Å². The average molecular weight is 435 g/mol. The number of carbonyl (C=O) groups excluding carboxylic acids is 2. The monoisotopic (exact) mass is 434 g/mol. The van der Waals surface area contributed by atoms with E-state index in [1.165, 1.54) is 5.37 Å². The van der Waals surface area contributed by atoms with E-state index >= 15 is 0 Å². The molecule has 1 aromatic carbocycles. The van der Waals surface area contributed by atoms with E-state index in [1.807, 2.05) is 0 Å². The van der Waals surface area contributed by atoms with E-state index in [4.69, 9.17) is 40.9 Å². The number of Topliss-reactive ketones (excluding diaryl/α,β-unsaturated/α-hetero) is 2. The summed E-state index contributed by atoms with van der Waals surface area (Å²) < 4.78 is 12.8. The highest BCUT2D eigenvalue weighted by atomic mass is 35.5. The number of ketones is 2. The van der Waals surface area contributed by atoms with E-state index in [1.54, 1.807) is 24.3 Å². The summed E-state index contributed by atoms with van der Waals surface area (Å²) in [6, 6.07) is 6.48. The number of hydrogen-bond donors (Lipinski definition) is 2. The van der Waals surface area contributed by atoms with Gasteiger partial charge < -0.3 is 4.89 Å². The second kappa shape index (κ2) is 8.85. The first-order valence-electron chi connectivity index (χ1n) is 7.64. The quantitative estimate of drug-likeness (QED) is 0.368. The third-order valence-electron chi connectivity index (χ3n) is 3.96. The number of nitrogens with two attached hydrogens (primary N) is 1. The minimum Gasteiger partial charge on any atom is -0.322 e. The van der Waals surface area contributed by atoms with Crippen LogP contribution in [0.4, 0.5) is 0 Å². The molecule has 0 amide bonds. The summed E-state index contributed by atoms with van der Waals surface area (Å²) >= 11 is 16.8. The van der Waals surface area contributed by atoms with Gasteiger partial charge in [0, 0.05) is 46.6 Å². The van der Waals surface area contributed by atoms with Crippen LogP contribution < -0.4 is 5.50 Å². The maximum absolute atomic E-state index is 12.8. The van der Waals surface area contributed by atoms with E-state index in [0.717, 1.165) is 4.67 Å². The molecule has 0 fully saturated rings. The molecule has 0 spiro atoms. The summed E-state index contributed by atoms with van der Waals surface area (Å²) in [5.41, 5.74) is 6.19. The van der Waals surface area contributed by atoms with E-state index < -0.39 is 13.0 Å². The van der Waals surface area contributed by atoms with Crippen LogP contribution in [0.25, 0.3) is 0 Å².